The highest BCUT2D eigenvalue weighted by Gasteiger charge is 2.08. The zero-order valence-corrected chi connectivity index (χ0v) is 16.3. The minimum atomic E-state index is 1.05. The van der Waals surface area contributed by atoms with Gasteiger partial charge in [-0.1, -0.05) is 136 Å². The van der Waals surface area contributed by atoms with Crippen LogP contribution in [0.5, 0.6) is 0 Å². The van der Waals surface area contributed by atoms with Crippen LogP contribution < -0.4 is 0 Å². The summed E-state index contributed by atoms with van der Waals surface area (Å²) in [6.45, 7) is 6.95. The summed E-state index contributed by atoms with van der Waals surface area (Å²) in [6, 6.07) is 0. The van der Waals surface area contributed by atoms with Gasteiger partial charge in [0.1, 0.15) is 0 Å². The molecule has 0 amide bonds. The van der Waals surface area contributed by atoms with E-state index >= 15 is 0 Å². The fourth-order valence-electron chi connectivity index (χ4n) is 3.54. The molecule has 0 saturated heterocycles. The molecule has 0 aliphatic heterocycles. The lowest BCUT2D eigenvalue weighted by Gasteiger charge is -2.17. The summed E-state index contributed by atoms with van der Waals surface area (Å²) < 4.78 is 0. The van der Waals surface area contributed by atoms with E-state index in [1.54, 1.807) is 0 Å². The maximum Gasteiger partial charge on any atom is -0.0414 e. The van der Waals surface area contributed by atoms with Gasteiger partial charge in [0.05, 0.1) is 0 Å². The first-order valence-corrected chi connectivity index (χ1v) is 10.8. The van der Waals surface area contributed by atoms with Crippen molar-refractivity contribution in [3.05, 3.63) is 0 Å². The molecule has 0 aromatic heterocycles. The van der Waals surface area contributed by atoms with Crippen molar-refractivity contribution in [2.45, 2.75) is 136 Å². The molecule has 0 heterocycles. The Balaban J connectivity index is 3.69. The lowest BCUT2D eigenvalue weighted by molar-refractivity contribution is 0.367. The number of hydrogen-bond acceptors (Lipinski definition) is 0. The average molecular weight is 311 g/mol. The Kier molecular flexibility index (Phi) is 19.0. The Hall–Kier alpha value is 0. The number of hydrogen-bond donors (Lipinski definition) is 0. The van der Waals surface area contributed by atoms with Crippen LogP contribution in [0.25, 0.3) is 0 Å². The van der Waals surface area contributed by atoms with E-state index in [0.29, 0.717) is 0 Å². The molecule has 0 aromatic rings. The minimum absolute atomic E-state index is 1.05. The summed E-state index contributed by atoms with van der Waals surface area (Å²) >= 11 is 0. The third-order valence-electron chi connectivity index (χ3n) is 5.15. The lowest BCUT2D eigenvalue weighted by Crippen LogP contribution is -2.01. The van der Waals surface area contributed by atoms with E-state index in [1.165, 1.54) is 116 Å². The summed E-state index contributed by atoms with van der Waals surface area (Å²) in [6.07, 6.45) is 26.3. The fourth-order valence-corrected chi connectivity index (χ4v) is 3.54. The molecule has 22 heavy (non-hydrogen) atoms. The Morgan fingerprint density at radius 1 is 0.364 bits per heavy atom. The van der Waals surface area contributed by atoms with Crippen LogP contribution in [0.2, 0.25) is 0 Å². The molecule has 0 spiro atoms. The summed E-state index contributed by atoms with van der Waals surface area (Å²) in [4.78, 5) is 0. The molecule has 0 rings (SSSR count). The molecular weight excluding hydrogens is 264 g/mol. The van der Waals surface area contributed by atoms with Crippen LogP contribution in [0.15, 0.2) is 0 Å². The van der Waals surface area contributed by atoms with Crippen molar-refractivity contribution in [2.24, 2.45) is 5.92 Å². The van der Waals surface area contributed by atoms with Gasteiger partial charge in [0.15, 0.2) is 0 Å². The molecule has 0 fully saturated rings. The molecule has 0 aliphatic rings. The van der Waals surface area contributed by atoms with Gasteiger partial charge in [0.2, 0.25) is 0 Å². The van der Waals surface area contributed by atoms with Gasteiger partial charge in [-0.05, 0) is 5.92 Å². The van der Waals surface area contributed by atoms with E-state index in [1.807, 2.05) is 0 Å². The molecule has 0 heteroatoms. The standard InChI is InChI=1S/C22H46/c1-4-7-10-13-15-18-21-22(19-16-12-9-6-3)20-17-14-11-8-5-2/h22H,4-21H2,1-3H3. The highest BCUT2D eigenvalue weighted by atomic mass is 14.1. The highest BCUT2D eigenvalue weighted by molar-refractivity contribution is 4.62. The second-order valence-corrected chi connectivity index (χ2v) is 7.47. The molecule has 134 valence electrons. The predicted octanol–water partition coefficient (Wildman–Crippen LogP) is 8.68. The zero-order chi connectivity index (χ0) is 16.3. The largest absolute Gasteiger partial charge is 0.0654 e. The van der Waals surface area contributed by atoms with Gasteiger partial charge in [0, 0.05) is 0 Å². The van der Waals surface area contributed by atoms with Crippen molar-refractivity contribution in [1.82, 2.24) is 0 Å². The quantitative estimate of drug-likeness (QED) is 0.222. The summed E-state index contributed by atoms with van der Waals surface area (Å²) in [5.41, 5.74) is 0. The Morgan fingerprint density at radius 3 is 1.00 bits per heavy atom. The van der Waals surface area contributed by atoms with Crippen LogP contribution in [-0.4, -0.2) is 0 Å². The first-order chi connectivity index (χ1) is 10.8. The second-order valence-electron chi connectivity index (χ2n) is 7.47. The first kappa shape index (κ1) is 22.0. The van der Waals surface area contributed by atoms with Crippen molar-refractivity contribution in [2.75, 3.05) is 0 Å². The van der Waals surface area contributed by atoms with E-state index in [0.717, 1.165) is 5.92 Å². The van der Waals surface area contributed by atoms with Crippen LogP contribution in [0, 0.1) is 5.92 Å². The molecule has 0 aliphatic carbocycles. The Labute approximate surface area is 142 Å². The lowest BCUT2D eigenvalue weighted by atomic mass is 9.89. The molecule has 1 unspecified atom stereocenters. The normalized spacial score (nSPS) is 12.7. The van der Waals surface area contributed by atoms with Crippen molar-refractivity contribution in [3.8, 4) is 0 Å². The van der Waals surface area contributed by atoms with Crippen LogP contribution in [-0.2, 0) is 0 Å². The SMILES string of the molecule is CCCCCCCCC(CCCCCC)CCCCCCC. The van der Waals surface area contributed by atoms with Gasteiger partial charge < -0.3 is 0 Å². The number of unbranched alkanes of at least 4 members (excludes halogenated alkanes) is 12. The van der Waals surface area contributed by atoms with Crippen LogP contribution in [0.4, 0.5) is 0 Å². The molecule has 0 saturated carbocycles. The van der Waals surface area contributed by atoms with Crippen molar-refractivity contribution in [3.63, 3.8) is 0 Å². The third-order valence-corrected chi connectivity index (χ3v) is 5.15. The van der Waals surface area contributed by atoms with Gasteiger partial charge in [0.25, 0.3) is 0 Å². The summed E-state index contributed by atoms with van der Waals surface area (Å²) in [5, 5.41) is 0. The molecule has 0 N–H and O–H groups in total. The van der Waals surface area contributed by atoms with E-state index in [4.69, 9.17) is 0 Å². The Morgan fingerprint density at radius 2 is 0.636 bits per heavy atom. The molecule has 0 bridgehead atoms. The van der Waals surface area contributed by atoms with E-state index in [-0.39, 0.29) is 0 Å². The van der Waals surface area contributed by atoms with Gasteiger partial charge >= 0.3 is 0 Å². The summed E-state index contributed by atoms with van der Waals surface area (Å²) in [7, 11) is 0. The highest BCUT2D eigenvalue weighted by Crippen LogP contribution is 2.24. The molecule has 0 nitrogen and oxygen atoms in total. The predicted molar refractivity (Wildman–Crippen MR) is 104 cm³/mol. The van der Waals surface area contributed by atoms with Gasteiger partial charge in [-0.25, -0.2) is 0 Å². The van der Waals surface area contributed by atoms with Gasteiger partial charge in [-0.3, -0.25) is 0 Å². The van der Waals surface area contributed by atoms with Crippen LogP contribution >= 0.6 is 0 Å². The fraction of sp³-hybridized carbons (Fsp3) is 1.00. The molecule has 1 atom stereocenters. The van der Waals surface area contributed by atoms with Crippen molar-refractivity contribution < 1.29 is 0 Å². The summed E-state index contributed by atoms with van der Waals surface area (Å²) in [5.74, 6) is 1.05. The monoisotopic (exact) mass is 310 g/mol. The molecule has 0 radical (unpaired) electrons. The zero-order valence-electron chi connectivity index (χ0n) is 16.3. The Bertz CT molecular complexity index is 184. The second kappa shape index (κ2) is 19.0. The maximum absolute atomic E-state index is 2.32. The van der Waals surface area contributed by atoms with Gasteiger partial charge in [-0.2, -0.15) is 0 Å². The molecule has 0 aromatic carbocycles. The van der Waals surface area contributed by atoms with Gasteiger partial charge in [-0.15, -0.1) is 0 Å². The average Bonchev–Trinajstić information content (AvgIpc) is 2.53. The maximum atomic E-state index is 2.32. The third kappa shape index (κ3) is 16.4. The smallest absolute Gasteiger partial charge is 0.0414 e. The topological polar surface area (TPSA) is 0 Å². The van der Waals surface area contributed by atoms with E-state index < -0.39 is 0 Å². The molecular formula is C22H46. The van der Waals surface area contributed by atoms with Crippen molar-refractivity contribution >= 4 is 0 Å². The minimum Gasteiger partial charge on any atom is -0.0654 e. The first-order valence-electron chi connectivity index (χ1n) is 10.8. The van der Waals surface area contributed by atoms with E-state index in [2.05, 4.69) is 20.8 Å². The van der Waals surface area contributed by atoms with Crippen LogP contribution in [0.3, 0.4) is 0 Å². The van der Waals surface area contributed by atoms with Crippen LogP contribution in [0.1, 0.15) is 136 Å². The number of rotatable bonds is 18. The van der Waals surface area contributed by atoms with Crippen molar-refractivity contribution in [1.29, 1.82) is 0 Å². The van der Waals surface area contributed by atoms with E-state index in [9.17, 15) is 0 Å².